The number of piperidine rings is 1. The number of aromatic nitrogens is 2. The van der Waals surface area contributed by atoms with Crippen LogP contribution in [0, 0.1) is 5.92 Å². The molecule has 3 rings (SSSR count). The quantitative estimate of drug-likeness (QED) is 0.867. The number of rotatable bonds is 4. The third kappa shape index (κ3) is 3.44. The van der Waals surface area contributed by atoms with Gasteiger partial charge in [-0.1, -0.05) is 49.3 Å². The lowest BCUT2D eigenvalue weighted by Crippen LogP contribution is -2.40. The van der Waals surface area contributed by atoms with E-state index in [1.165, 1.54) is 0 Å². The first-order valence-electron chi connectivity index (χ1n) is 8.36. The van der Waals surface area contributed by atoms with Gasteiger partial charge in [-0.2, -0.15) is 4.98 Å². The van der Waals surface area contributed by atoms with Crippen molar-refractivity contribution in [3.63, 3.8) is 0 Å². The minimum Gasteiger partial charge on any atom is -0.342 e. The second-order valence-corrected chi connectivity index (χ2v) is 6.23. The fourth-order valence-electron chi connectivity index (χ4n) is 2.94. The fraction of sp³-hybridized carbons (Fsp3) is 0.500. The van der Waals surface area contributed by atoms with Crippen molar-refractivity contribution >= 4 is 5.91 Å². The van der Waals surface area contributed by atoms with E-state index in [0.717, 1.165) is 37.9 Å². The zero-order valence-corrected chi connectivity index (χ0v) is 13.7. The smallest absolute Gasteiger partial charge is 0.230 e. The topological polar surface area (TPSA) is 59.2 Å². The third-order valence-corrected chi connectivity index (χ3v) is 4.66. The van der Waals surface area contributed by atoms with Gasteiger partial charge < -0.3 is 9.42 Å². The molecule has 0 N–H and O–H groups in total. The molecule has 1 aliphatic heterocycles. The van der Waals surface area contributed by atoms with E-state index in [1.54, 1.807) is 0 Å². The molecule has 1 aliphatic rings. The van der Waals surface area contributed by atoms with E-state index in [0.29, 0.717) is 11.7 Å². The Labute approximate surface area is 136 Å². The third-order valence-electron chi connectivity index (χ3n) is 4.66. The molecule has 0 radical (unpaired) electrons. The molecular formula is C18H23N3O2. The van der Waals surface area contributed by atoms with Gasteiger partial charge in [-0.15, -0.1) is 0 Å². The molecule has 23 heavy (non-hydrogen) atoms. The highest BCUT2D eigenvalue weighted by atomic mass is 16.5. The zero-order valence-electron chi connectivity index (χ0n) is 13.7. The normalized spacial score (nSPS) is 17.2. The fourth-order valence-corrected chi connectivity index (χ4v) is 2.94. The number of carbonyl (C=O) groups excluding carboxylic acids is 1. The Morgan fingerprint density at radius 2 is 2.00 bits per heavy atom. The predicted molar refractivity (Wildman–Crippen MR) is 87.7 cm³/mol. The molecule has 0 aliphatic carbocycles. The van der Waals surface area contributed by atoms with Crippen molar-refractivity contribution in [1.82, 2.24) is 15.0 Å². The van der Waals surface area contributed by atoms with Crippen LogP contribution in [0.15, 0.2) is 34.9 Å². The predicted octanol–water partition coefficient (Wildman–Crippen LogP) is 3.49. The SMILES string of the molecule is CCC(C)C(=O)N1CCC(c2nc(-c3ccccc3)no2)CC1. The second-order valence-electron chi connectivity index (χ2n) is 6.23. The van der Waals surface area contributed by atoms with Crippen molar-refractivity contribution < 1.29 is 9.32 Å². The zero-order chi connectivity index (χ0) is 16.2. The summed E-state index contributed by atoms with van der Waals surface area (Å²) in [5.74, 6) is 1.96. The highest BCUT2D eigenvalue weighted by Crippen LogP contribution is 2.29. The maximum atomic E-state index is 12.2. The van der Waals surface area contributed by atoms with E-state index in [-0.39, 0.29) is 17.7 Å². The summed E-state index contributed by atoms with van der Waals surface area (Å²) in [5.41, 5.74) is 0.965. The van der Waals surface area contributed by atoms with Gasteiger partial charge in [0, 0.05) is 30.5 Å². The van der Waals surface area contributed by atoms with Crippen molar-refractivity contribution in [3.8, 4) is 11.4 Å². The monoisotopic (exact) mass is 313 g/mol. The summed E-state index contributed by atoms with van der Waals surface area (Å²) in [6, 6.07) is 9.84. The van der Waals surface area contributed by atoms with E-state index in [1.807, 2.05) is 42.2 Å². The highest BCUT2D eigenvalue weighted by molar-refractivity contribution is 5.78. The van der Waals surface area contributed by atoms with Gasteiger partial charge in [-0.25, -0.2) is 0 Å². The van der Waals surface area contributed by atoms with Gasteiger partial charge in [0.15, 0.2) is 0 Å². The number of hydrogen-bond acceptors (Lipinski definition) is 4. The van der Waals surface area contributed by atoms with E-state index in [2.05, 4.69) is 17.1 Å². The standard InChI is InChI=1S/C18H23N3O2/c1-3-13(2)18(22)21-11-9-15(10-12-21)17-19-16(20-23-17)14-7-5-4-6-8-14/h4-8,13,15H,3,9-12H2,1-2H3. The van der Waals surface area contributed by atoms with Gasteiger partial charge in [-0.3, -0.25) is 4.79 Å². The van der Waals surface area contributed by atoms with Crippen LogP contribution in [0.1, 0.15) is 44.9 Å². The Kier molecular flexibility index (Phi) is 4.74. The average molecular weight is 313 g/mol. The first-order chi connectivity index (χ1) is 11.2. The van der Waals surface area contributed by atoms with Gasteiger partial charge >= 0.3 is 0 Å². The molecule has 2 heterocycles. The average Bonchev–Trinajstić information content (AvgIpc) is 3.11. The number of benzene rings is 1. The molecule has 0 spiro atoms. The summed E-state index contributed by atoms with van der Waals surface area (Å²) in [5, 5.41) is 4.09. The summed E-state index contributed by atoms with van der Waals surface area (Å²) in [7, 11) is 0. The number of likely N-dealkylation sites (tertiary alicyclic amines) is 1. The Bertz CT molecular complexity index is 645. The van der Waals surface area contributed by atoms with Crippen molar-refractivity contribution in [3.05, 3.63) is 36.2 Å². The molecule has 0 bridgehead atoms. The van der Waals surface area contributed by atoms with Crippen LogP contribution < -0.4 is 0 Å². The van der Waals surface area contributed by atoms with E-state index < -0.39 is 0 Å². The van der Waals surface area contributed by atoms with Crippen molar-refractivity contribution in [1.29, 1.82) is 0 Å². The highest BCUT2D eigenvalue weighted by Gasteiger charge is 2.29. The van der Waals surface area contributed by atoms with Crippen molar-refractivity contribution in [2.24, 2.45) is 5.92 Å². The Morgan fingerprint density at radius 1 is 1.30 bits per heavy atom. The van der Waals surface area contributed by atoms with E-state index in [9.17, 15) is 4.79 Å². The van der Waals surface area contributed by atoms with E-state index in [4.69, 9.17) is 4.52 Å². The van der Waals surface area contributed by atoms with E-state index >= 15 is 0 Å². The molecule has 1 aromatic carbocycles. The molecule has 1 aromatic heterocycles. The van der Waals surface area contributed by atoms with Crippen LogP contribution in [0.5, 0.6) is 0 Å². The maximum absolute atomic E-state index is 12.2. The first kappa shape index (κ1) is 15.7. The molecule has 1 unspecified atom stereocenters. The van der Waals surface area contributed by atoms with Gasteiger partial charge in [-0.05, 0) is 19.3 Å². The number of hydrogen-bond donors (Lipinski definition) is 0. The summed E-state index contributed by atoms with van der Waals surface area (Å²) in [6.45, 7) is 5.60. The molecule has 2 aromatic rings. The minimum atomic E-state index is 0.111. The van der Waals surface area contributed by atoms with Gasteiger partial charge in [0.25, 0.3) is 0 Å². The Hall–Kier alpha value is -2.17. The van der Waals surface area contributed by atoms with Crippen molar-refractivity contribution in [2.45, 2.75) is 39.0 Å². The summed E-state index contributed by atoms with van der Waals surface area (Å²) < 4.78 is 5.46. The van der Waals surface area contributed by atoms with Gasteiger partial charge in [0.1, 0.15) is 0 Å². The lowest BCUT2D eigenvalue weighted by Gasteiger charge is -2.32. The van der Waals surface area contributed by atoms with Crippen LogP contribution >= 0.6 is 0 Å². The van der Waals surface area contributed by atoms with Crippen LogP contribution in [0.3, 0.4) is 0 Å². The molecule has 122 valence electrons. The summed E-state index contributed by atoms with van der Waals surface area (Å²) in [6.07, 6.45) is 2.67. The molecule has 0 saturated carbocycles. The van der Waals surface area contributed by atoms with Crippen LogP contribution in [-0.2, 0) is 4.79 Å². The number of amides is 1. The molecule has 1 fully saturated rings. The molecular weight excluding hydrogens is 290 g/mol. The lowest BCUT2D eigenvalue weighted by atomic mass is 9.95. The molecule has 5 nitrogen and oxygen atoms in total. The number of carbonyl (C=O) groups is 1. The number of nitrogens with zero attached hydrogens (tertiary/aromatic N) is 3. The molecule has 5 heteroatoms. The molecule has 1 amide bonds. The van der Waals surface area contributed by atoms with Crippen LogP contribution in [0.25, 0.3) is 11.4 Å². The van der Waals surface area contributed by atoms with Crippen LogP contribution in [0.4, 0.5) is 0 Å². The summed E-state index contributed by atoms with van der Waals surface area (Å²) in [4.78, 5) is 18.8. The molecule has 1 atom stereocenters. The van der Waals surface area contributed by atoms with Gasteiger partial charge in [0.2, 0.25) is 17.6 Å². The first-order valence-corrected chi connectivity index (χ1v) is 8.36. The van der Waals surface area contributed by atoms with Crippen LogP contribution in [-0.4, -0.2) is 34.0 Å². The lowest BCUT2D eigenvalue weighted by molar-refractivity contribution is -0.136. The second kappa shape index (κ2) is 6.94. The maximum Gasteiger partial charge on any atom is 0.230 e. The Balaban J connectivity index is 1.62. The van der Waals surface area contributed by atoms with Crippen molar-refractivity contribution in [2.75, 3.05) is 13.1 Å². The Morgan fingerprint density at radius 3 is 2.65 bits per heavy atom. The molecule has 1 saturated heterocycles. The van der Waals surface area contributed by atoms with Crippen LogP contribution in [0.2, 0.25) is 0 Å². The summed E-state index contributed by atoms with van der Waals surface area (Å²) >= 11 is 0. The largest absolute Gasteiger partial charge is 0.342 e. The van der Waals surface area contributed by atoms with Gasteiger partial charge in [0.05, 0.1) is 0 Å². The minimum absolute atomic E-state index is 0.111.